The summed E-state index contributed by atoms with van der Waals surface area (Å²) in [4.78, 5) is 13.9. The van der Waals surface area contributed by atoms with E-state index in [0.29, 0.717) is 6.20 Å². The Morgan fingerprint density at radius 3 is 2.23 bits per heavy atom. The lowest BCUT2D eigenvalue weighted by Gasteiger charge is -2.32. The van der Waals surface area contributed by atoms with Gasteiger partial charge in [-0.1, -0.05) is 0 Å². The van der Waals surface area contributed by atoms with Gasteiger partial charge in [-0.25, -0.2) is 4.98 Å². The topological polar surface area (TPSA) is 79.4 Å². The van der Waals surface area contributed by atoms with Gasteiger partial charge in [0, 0.05) is 24.1 Å². The van der Waals surface area contributed by atoms with E-state index in [1.807, 2.05) is 0 Å². The summed E-state index contributed by atoms with van der Waals surface area (Å²) in [6.45, 7) is 7.07. The van der Waals surface area contributed by atoms with Crippen molar-refractivity contribution >= 4 is 29.3 Å². The van der Waals surface area contributed by atoms with Crippen molar-refractivity contribution in [3.63, 3.8) is 0 Å². The molecule has 3 rings (SSSR count). The monoisotopic (exact) mass is 371 g/mol. The highest BCUT2D eigenvalue weighted by Gasteiger charge is 2.53. The van der Waals surface area contributed by atoms with Crippen molar-refractivity contribution in [3.05, 3.63) is 28.1 Å². The minimum atomic E-state index is -4.94. The van der Waals surface area contributed by atoms with Crippen molar-refractivity contribution < 1.29 is 27.4 Å². The number of pyridine rings is 1. The van der Waals surface area contributed by atoms with E-state index in [1.54, 1.807) is 27.7 Å². The molecule has 3 heterocycles. The molecule has 0 N–H and O–H groups in total. The molecule has 1 saturated heterocycles. The molecular formula is C15H17BF3N3O4. The maximum Gasteiger partial charge on any atom is 0.497 e. The molecule has 0 saturated carbocycles. The zero-order valence-corrected chi connectivity index (χ0v) is 14.8. The van der Waals surface area contributed by atoms with Crippen molar-refractivity contribution in [1.29, 1.82) is 0 Å². The van der Waals surface area contributed by atoms with Crippen LogP contribution in [-0.2, 0) is 22.5 Å². The molecule has 0 unspecified atom stereocenters. The van der Waals surface area contributed by atoms with E-state index in [-0.39, 0.29) is 16.5 Å². The molecule has 26 heavy (non-hydrogen) atoms. The molecule has 0 amide bonds. The Balaban J connectivity index is 2.32. The molecule has 0 atom stereocenters. The molecule has 11 heteroatoms. The zero-order chi connectivity index (χ0) is 19.7. The van der Waals surface area contributed by atoms with Crippen LogP contribution in [0.3, 0.4) is 0 Å². The van der Waals surface area contributed by atoms with Gasteiger partial charge in [-0.05, 0) is 27.7 Å². The average Bonchev–Trinajstić information content (AvgIpc) is 2.91. The van der Waals surface area contributed by atoms with Crippen LogP contribution in [0.5, 0.6) is 0 Å². The van der Waals surface area contributed by atoms with Crippen LogP contribution in [0.4, 0.5) is 18.9 Å². The fourth-order valence-corrected chi connectivity index (χ4v) is 2.94. The van der Waals surface area contributed by atoms with E-state index >= 15 is 0 Å². The Morgan fingerprint density at radius 1 is 1.23 bits per heavy atom. The predicted octanol–water partition coefficient (Wildman–Crippen LogP) is 2.80. The van der Waals surface area contributed by atoms with Gasteiger partial charge < -0.3 is 13.9 Å². The summed E-state index contributed by atoms with van der Waals surface area (Å²) in [6, 6.07) is 0. The molecule has 1 aliphatic heterocycles. The predicted molar refractivity (Wildman–Crippen MR) is 88.1 cm³/mol. The Bertz CT molecular complexity index is 892. The van der Waals surface area contributed by atoms with Crippen LogP contribution in [0, 0.1) is 10.1 Å². The quantitative estimate of drug-likeness (QED) is 0.461. The van der Waals surface area contributed by atoms with Gasteiger partial charge in [0.2, 0.25) is 0 Å². The second kappa shape index (κ2) is 5.43. The third kappa shape index (κ3) is 2.66. The summed E-state index contributed by atoms with van der Waals surface area (Å²) >= 11 is 0. The third-order valence-corrected chi connectivity index (χ3v) is 4.98. The maximum atomic E-state index is 13.7. The zero-order valence-electron chi connectivity index (χ0n) is 14.8. The van der Waals surface area contributed by atoms with E-state index in [0.717, 1.165) is 0 Å². The number of nitrogens with zero attached hydrogens (tertiary/aromatic N) is 3. The van der Waals surface area contributed by atoms with Crippen LogP contribution in [0.25, 0.3) is 11.0 Å². The van der Waals surface area contributed by atoms with Gasteiger partial charge in [-0.3, -0.25) is 10.1 Å². The van der Waals surface area contributed by atoms with Crippen LogP contribution < -0.4 is 5.46 Å². The SMILES string of the molecule is Cn1cc(B2OC(C)(C)C(C)(C)O2)c2c(C(F)(F)F)c([N+](=O)[O-])cnc21. The van der Waals surface area contributed by atoms with E-state index in [1.165, 1.54) is 17.8 Å². The molecule has 0 radical (unpaired) electrons. The summed E-state index contributed by atoms with van der Waals surface area (Å²) in [5.41, 5.74) is -3.97. The highest BCUT2D eigenvalue weighted by atomic mass is 19.4. The van der Waals surface area contributed by atoms with Crippen molar-refractivity contribution in [2.45, 2.75) is 45.1 Å². The van der Waals surface area contributed by atoms with Crippen LogP contribution in [0.1, 0.15) is 33.3 Å². The standard InChI is InChI=1S/C15H17BF3N3O4/c1-13(2)14(3,4)26-16(25-13)8-7-21(5)12-10(8)11(15(17,18)19)9(6-20-12)22(23)24/h6-7H,1-5H3. The first-order valence-electron chi connectivity index (χ1n) is 7.81. The summed E-state index contributed by atoms with van der Waals surface area (Å²) in [7, 11) is 0.407. The van der Waals surface area contributed by atoms with E-state index in [9.17, 15) is 23.3 Å². The molecule has 0 bridgehead atoms. The van der Waals surface area contributed by atoms with Gasteiger partial charge in [-0.15, -0.1) is 0 Å². The molecule has 1 aliphatic rings. The fourth-order valence-electron chi connectivity index (χ4n) is 2.94. The van der Waals surface area contributed by atoms with Gasteiger partial charge in [0.25, 0.3) is 0 Å². The number of hydrogen-bond donors (Lipinski definition) is 0. The van der Waals surface area contributed by atoms with Crippen molar-refractivity contribution in [3.8, 4) is 0 Å². The molecule has 0 aliphatic carbocycles. The smallest absolute Gasteiger partial charge is 0.399 e. The number of nitro groups is 1. The molecule has 140 valence electrons. The van der Waals surface area contributed by atoms with E-state index in [2.05, 4.69) is 4.98 Å². The largest absolute Gasteiger partial charge is 0.497 e. The minimum Gasteiger partial charge on any atom is -0.399 e. The lowest BCUT2D eigenvalue weighted by Crippen LogP contribution is -2.41. The van der Waals surface area contributed by atoms with Gasteiger partial charge in [0.15, 0.2) is 0 Å². The molecule has 0 spiro atoms. The Labute approximate surface area is 147 Å². The Kier molecular flexibility index (Phi) is 3.90. The van der Waals surface area contributed by atoms with Gasteiger partial charge in [-0.2, -0.15) is 13.2 Å². The third-order valence-electron chi connectivity index (χ3n) is 4.98. The number of hydrogen-bond acceptors (Lipinski definition) is 5. The number of alkyl halides is 3. The second-order valence-corrected chi connectivity index (χ2v) is 7.26. The van der Waals surface area contributed by atoms with Crippen LogP contribution in [0.2, 0.25) is 0 Å². The van der Waals surface area contributed by atoms with Gasteiger partial charge in [0.05, 0.1) is 16.1 Å². The van der Waals surface area contributed by atoms with Crippen LogP contribution in [-0.4, -0.2) is 32.8 Å². The highest BCUT2D eigenvalue weighted by Crippen LogP contribution is 2.42. The number of rotatable bonds is 2. The first-order valence-corrected chi connectivity index (χ1v) is 7.81. The summed E-state index contributed by atoms with van der Waals surface area (Å²) in [5.74, 6) is 0. The summed E-state index contributed by atoms with van der Waals surface area (Å²) in [5, 5.41) is 10.8. The fraction of sp³-hybridized carbons (Fsp3) is 0.533. The lowest BCUT2D eigenvalue weighted by molar-refractivity contribution is -0.388. The Morgan fingerprint density at radius 2 is 1.77 bits per heavy atom. The van der Waals surface area contributed by atoms with Crippen molar-refractivity contribution in [2.24, 2.45) is 7.05 Å². The minimum absolute atomic E-state index is 0.0346. The number of aryl methyl sites for hydroxylation is 1. The number of fused-ring (bicyclic) bond motifs is 1. The van der Waals surface area contributed by atoms with E-state index in [4.69, 9.17) is 9.31 Å². The second-order valence-electron chi connectivity index (χ2n) is 7.26. The summed E-state index contributed by atoms with van der Waals surface area (Å²) in [6.07, 6.45) is -2.92. The van der Waals surface area contributed by atoms with Gasteiger partial charge >= 0.3 is 19.0 Å². The number of halogens is 3. The summed E-state index contributed by atoms with van der Waals surface area (Å²) < 4.78 is 54.1. The van der Waals surface area contributed by atoms with E-state index < -0.39 is 40.7 Å². The van der Waals surface area contributed by atoms with Gasteiger partial charge in [0.1, 0.15) is 17.4 Å². The molecule has 2 aromatic heterocycles. The Hall–Kier alpha value is -2.14. The highest BCUT2D eigenvalue weighted by molar-refractivity contribution is 6.65. The molecule has 1 fully saturated rings. The van der Waals surface area contributed by atoms with Crippen LogP contribution >= 0.6 is 0 Å². The number of aromatic nitrogens is 2. The molecule has 0 aromatic carbocycles. The van der Waals surface area contributed by atoms with Crippen molar-refractivity contribution in [2.75, 3.05) is 0 Å². The molecular weight excluding hydrogens is 354 g/mol. The molecule has 2 aromatic rings. The van der Waals surface area contributed by atoms with Crippen molar-refractivity contribution in [1.82, 2.24) is 9.55 Å². The first-order chi connectivity index (χ1) is 11.8. The van der Waals surface area contributed by atoms with Crippen LogP contribution in [0.15, 0.2) is 12.4 Å². The normalized spacial score (nSPS) is 19.3. The first kappa shape index (κ1) is 18.6. The molecule has 7 nitrogen and oxygen atoms in total. The maximum absolute atomic E-state index is 13.7. The lowest BCUT2D eigenvalue weighted by atomic mass is 9.78. The average molecular weight is 371 g/mol.